The topological polar surface area (TPSA) is 104 Å². The van der Waals surface area contributed by atoms with Crippen molar-refractivity contribution in [1.82, 2.24) is 4.90 Å². The van der Waals surface area contributed by atoms with Crippen molar-refractivity contribution >= 4 is 11.9 Å². The number of rotatable bonds is 3. The number of amides is 1. The predicted octanol–water partition coefficient (Wildman–Crippen LogP) is -0.984. The Bertz CT molecular complexity index is 293. The van der Waals surface area contributed by atoms with Crippen LogP contribution in [-0.4, -0.2) is 51.7 Å². The highest BCUT2D eigenvalue weighted by molar-refractivity contribution is 5.87. The van der Waals surface area contributed by atoms with Crippen LogP contribution in [0, 0.1) is 5.92 Å². The Labute approximate surface area is 94.0 Å². The van der Waals surface area contributed by atoms with Crippen LogP contribution in [0.5, 0.6) is 0 Å². The molecule has 0 aromatic rings. The Morgan fingerprint density at radius 3 is 2.44 bits per heavy atom. The standard InChI is InChI=1S/C10H18N2O4/c1-5(2)8(11)9(14)12-4-6(13)3-7(12)10(15)16/h5-8,13H,3-4,11H2,1-2H3,(H,15,16)/t6?,7?,8-/m1/s1. The number of β-amino-alcohol motifs (C(OH)–C–C–N with tert-alkyl or cyclic N) is 1. The first kappa shape index (κ1) is 12.9. The van der Waals surface area contributed by atoms with Crippen molar-refractivity contribution in [1.29, 1.82) is 0 Å². The van der Waals surface area contributed by atoms with Gasteiger partial charge in [0, 0.05) is 13.0 Å². The highest BCUT2D eigenvalue weighted by Crippen LogP contribution is 2.20. The summed E-state index contributed by atoms with van der Waals surface area (Å²) in [5, 5.41) is 18.3. The molecule has 92 valence electrons. The lowest BCUT2D eigenvalue weighted by atomic mass is 10.0. The first-order chi connectivity index (χ1) is 7.34. The van der Waals surface area contributed by atoms with Crippen LogP contribution in [0.3, 0.4) is 0 Å². The molecule has 1 saturated heterocycles. The quantitative estimate of drug-likeness (QED) is 0.578. The van der Waals surface area contributed by atoms with Crippen molar-refractivity contribution in [2.75, 3.05) is 6.54 Å². The third-order valence-corrected chi connectivity index (χ3v) is 2.85. The molecule has 1 heterocycles. The summed E-state index contributed by atoms with van der Waals surface area (Å²) in [6.45, 7) is 3.64. The number of aliphatic carboxylic acids is 1. The molecule has 1 rings (SSSR count). The van der Waals surface area contributed by atoms with E-state index >= 15 is 0 Å². The van der Waals surface area contributed by atoms with E-state index in [1.54, 1.807) is 13.8 Å². The zero-order chi connectivity index (χ0) is 12.5. The van der Waals surface area contributed by atoms with Gasteiger partial charge in [0.15, 0.2) is 0 Å². The number of carbonyl (C=O) groups excluding carboxylic acids is 1. The van der Waals surface area contributed by atoms with Gasteiger partial charge in [-0.3, -0.25) is 4.79 Å². The molecule has 1 aliphatic rings. The Morgan fingerprint density at radius 1 is 1.44 bits per heavy atom. The average Bonchev–Trinajstić information content (AvgIpc) is 2.58. The number of nitrogens with zero attached hydrogens (tertiary/aromatic N) is 1. The van der Waals surface area contributed by atoms with E-state index in [9.17, 15) is 14.7 Å². The van der Waals surface area contributed by atoms with Gasteiger partial charge in [0.1, 0.15) is 6.04 Å². The van der Waals surface area contributed by atoms with Gasteiger partial charge in [-0.05, 0) is 5.92 Å². The second-order valence-electron chi connectivity index (χ2n) is 4.50. The fourth-order valence-corrected chi connectivity index (χ4v) is 1.77. The zero-order valence-electron chi connectivity index (χ0n) is 9.46. The smallest absolute Gasteiger partial charge is 0.326 e. The van der Waals surface area contributed by atoms with Crippen LogP contribution >= 0.6 is 0 Å². The maximum Gasteiger partial charge on any atom is 0.326 e. The third kappa shape index (κ3) is 2.51. The van der Waals surface area contributed by atoms with E-state index in [-0.39, 0.29) is 18.9 Å². The molecule has 6 heteroatoms. The number of aliphatic hydroxyl groups is 1. The van der Waals surface area contributed by atoms with E-state index < -0.39 is 30.1 Å². The third-order valence-electron chi connectivity index (χ3n) is 2.85. The van der Waals surface area contributed by atoms with Crippen molar-refractivity contribution in [3.05, 3.63) is 0 Å². The van der Waals surface area contributed by atoms with Crippen LogP contribution in [0.15, 0.2) is 0 Å². The zero-order valence-corrected chi connectivity index (χ0v) is 9.46. The minimum atomic E-state index is -1.10. The van der Waals surface area contributed by atoms with E-state index in [1.165, 1.54) is 0 Å². The first-order valence-electron chi connectivity index (χ1n) is 5.31. The van der Waals surface area contributed by atoms with Crippen LogP contribution in [0.25, 0.3) is 0 Å². The minimum Gasteiger partial charge on any atom is -0.480 e. The normalized spacial score (nSPS) is 27.2. The van der Waals surface area contributed by atoms with Crippen LogP contribution in [-0.2, 0) is 9.59 Å². The molecule has 4 N–H and O–H groups in total. The highest BCUT2D eigenvalue weighted by atomic mass is 16.4. The summed E-state index contributed by atoms with van der Waals surface area (Å²) >= 11 is 0. The Balaban J connectivity index is 2.78. The van der Waals surface area contributed by atoms with Crippen molar-refractivity contribution < 1.29 is 19.8 Å². The minimum absolute atomic E-state index is 0.0518. The van der Waals surface area contributed by atoms with E-state index in [4.69, 9.17) is 10.8 Å². The van der Waals surface area contributed by atoms with Crippen LogP contribution in [0.2, 0.25) is 0 Å². The van der Waals surface area contributed by atoms with Crippen molar-refractivity contribution in [3.63, 3.8) is 0 Å². The van der Waals surface area contributed by atoms with E-state index in [1.807, 2.05) is 0 Å². The number of hydrogen-bond donors (Lipinski definition) is 3. The summed E-state index contributed by atoms with van der Waals surface area (Å²) < 4.78 is 0. The van der Waals surface area contributed by atoms with Gasteiger partial charge >= 0.3 is 5.97 Å². The fraction of sp³-hybridized carbons (Fsp3) is 0.800. The van der Waals surface area contributed by atoms with Crippen molar-refractivity contribution in [2.24, 2.45) is 11.7 Å². The lowest BCUT2D eigenvalue weighted by Gasteiger charge is -2.26. The highest BCUT2D eigenvalue weighted by Gasteiger charge is 2.40. The molecule has 0 aromatic heterocycles. The largest absolute Gasteiger partial charge is 0.480 e. The fourth-order valence-electron chi connectivity index (χ4n) is 1.77. The lowest BCUT2D eigenvalue weighted by Crippen LogP contribution is -2.50. The molecule has 1 fully saturated rings. The van der Waals surface area contributed by atoms with Gasteiger partial charge in [-0.25, -0.2) is 4.79 Å². The van der Waals surface area contributed by atoms with E-state index in [0.29, 0.717) is 0 Å². The summed E-state index contributed by atoms with van der Waals surface area (Å²) in [7, 11) is 0. The van der Waals surface area contributed by atoms with Gasteiger partial charge in [-0.1, -0.05) is 13.8 Å². The maximum atomic E-state index is 11.9. The van der Waals surface area contributed by atoms with Gasteiger partial charge < -0.3 is 20.8 Å². The number of hydrogen-bond acceptors (Lipinski definition) is 4. The summed E-state index contributed by atoms with van der Waals surface area (Å²) in [6.07, 6.45) is -0.698. The molecule has 2 unspecified atom stereocenters. The molecule has 6 nitrogen and oxygen atoms in total. The second kappa shape index (κ2) is 4.80. The molecule has 3 atom stereocenters. The molecule has 1 aliphatic heterocycles. The molecule has 0 aromatic carbocycles. The van der Waals surface area contributed by atoms with Gasteiger partial charge in [0.25, 0.3) is 0 Å². The summed E-state index contributed by atoms with van der Waals surface area (Å²) in [5.41, 5.74) is 5.68. The number of carboxylic acid groups (broad SMARTS) is 1. The Kier molecular flexibility index (Phi) is 3.88. The summed E-state index contributed by atoms with van der Waals surface area (Å²) in [4.78, 5) is 23.9. The van der Waals surface area contributed by atoms with Gasteiger partial charge in [0.05, 0.1) is 12.1 Å². The molecule has 0 bridgehead atoms. The second-order valence-corrected chi connectivity index (χ2v) is 4.50. The van der Waals surface area contributed by atoms with Gasteiger partial charge in [0.2, 0.25) is 5.91 Å². The number of carbonyl (C=O) groups is 2. The summed E-state index contributed by atoms with van der Waals surface area (Å²) in [6, 6.07) is -1.67. The molecule has 16 heavy (non-hydrogen) atoms. The van der Waals surface area contributed by atoms with Crippen molar-refractivity contribution in [3.8, 4) is 0 Å². The van der Waals surface area contributed by atoms with Crippen LogP contribution in [0.4, 0.5) is 0 Å². The monoisotopic (exact) mass is 230 g/mol. The van der Waals surface area contributed by atoms with Crippen LogP contribution in [0.1, 0.15) is 20.3 Å². The Morgan fingerprint density at radius 2 is 2.00 bits per heavy atom. The van der Waals surface area contributed by atoms with E-state index in [0.717, 1.165) is 4.90 Å². The maximum absolute atomic E-state index is 11.9. The summed E-state index contributed by atoms with van der Waals surface area (Å²) in [5.74, 6) is -1.56. The van der Waals surface area contributed by atoms with Gasteiger partial charge in [-0.2, -0.15) is 0 Å². The SMILES string of the molecule is CC(C)[C@@H](N)C(=O)N1CC(O)CC1C(=O)O. The van der Waals surface area contributed by atoms with Crippen LogP contribution < -0.4 is 5.73 Å². The lowest BCUT2D eigenvalue weighted by molar-refractivity contribution is -0.149. The van der Waals surface area contributed by atoms with Crippen molar-refractivity contribution in [2.45, 2.75) is 38.5 Å². The molecule has 0 spiro atoms. The van der Waals surface area contributed by atoms with E-state index in [2.05, 4.69) is 0 Å². The number of likely N-dealkylation sites (tertiary alicyclic amines) is 1. The number of aliphatic hydroxyl groups excluding tert-OH is 1. The molecule has 0 aliphatic carbocycles. The Hall–Kier alpha value is -1.14. The number of carboxylic acids is 1. The molecule has 0 radical (unpaired) electrons. The predicted molar refractivity (Wildman–Crippen MR) is 56.6 cm³/mol. The average molecular weight is 230 g/mol. The molecule has 0 saturated carbocycles. The molecular formula is C10H18N2O4. The molecular weight excluding hydrogens is 212 g/mol. The van der Waals surface area contributed by atoms with Gasteiger partial charge in [-0.15, -0.1) is 0 Å². The molecule has 1 amide bonds. The first-order valence-corrected chi connectivity index (χ1v) is 5.31. The number of nitrogens with two attached hydrogens (primary N) is 1.